The molecule has 1 aliphatic heterocycles. The largest absolute Gasteiger partial charge is 0.392 e. The van der Waals surface area contributed by atoms with Crippen LogP contribution in [0.5, 0.6) is 0 Å². The predicted octanol–water partition coefficient (Wildman–Crippen LogP) is 2.38. The Kier molecular flexibility index (Phi) is 4.52. The van der Waals surface area contributed by atoms with Crippen molar-refractivity contribution >= 4 is 10.0 Å². The van der Waals surface area contributed by atoms with Gasteiger partial charge >= 0.3 is 0 Å². The van der Waals surface area contributed by atoms with Gasteiger partial charge in [-0.2, -0.15) is 4.31 Å². The first-order valence-electron chi connectivity index (χ1n) is 7.17. The van der Waals surface area contributed by atoms with Crippen LogP contribution in [-0.2, 0) is 16.6 Å². The second-order valence-corrected chi connectivity index (χ2v) is 7.54. The number of hydrogen-bond donors (Lipinski definition) is 1. The first kappa shape index (κ1) is 15.5. The van der Waals surface area contributed by atoms with Gasteiger partial charge in [0.15, 0.2) is 0 Å². The van der Waals surface area contributed by atoms with Crippen LogP contribution < -0.4 is 0 Å². The van der Waals surface area contributed by atoms with Crippen LogP contribution in [0.2, 0.25) is 0 Å². The number of sulfonamides is 1. The van der Waals surface area contributed by atoms with Crippen molar-refractivity contribution in [2.45, 2.75) is 44.6 Å². The van der Waals surface area contributed by atoms with Gasteiger partial charge in [-0.25, -0.2) is 8.42 Å². The molecule has 0 aromatic heterocycles. The van der Waals surface area contributed by atoms with Gasteiger partial charge in [0.25, 0.3) is 0 Å². The van der Waals surface area contributed by atoms with E-state index in [0.29, 0.717) is 18.0 Å². The Morgan fingerprint density at radius 1 is 1.20 bits per heavy atom. The lowest BCUT2D eigenvalue weighted by Crippen LogP contribution is -2.31. The van der Waals surface area contributed by atoms with Crippen molar-refractivity contribution in [3.63, 3.8) is 0 Å². The van der Waals surface area contributed by atoms with Gasteiger partial charge in [0.05, 0.1) is 11.5 Å². The highest BCUT2D eigenvalue weighted by Crippen LogP contribution is 2.39. The quantitative estimate of drug-likeness (QED) is 0.908. The molecule has 0 amide bonds. The highest BCUT2D eigenvalue weighted by atomic mass is 32.2. The van der Waals surface area contributed by atoms with Crippen LogP contribution in [0.4, 0.5) is 0 Å². The third-order valence-electron chi connectivity index (χ3n) is 4.65. The van der Waals surface area contributed by atoms with Gasteiger partial charge in [0.1, 0.15) is 0 Å². The number of rotatable bonds is 5. The molecule has 1 aromatic carbocycles. The normalized spacial score (nSPS) is 19.4. The molecule has 0 atom stereocenters. The van der Waals surface area contributed by atoms with Gasteiger partial charge in [-0.1, -0.05) is 26.0 Å². The molecule has 0 bridgehead atoms. The minimum atomic E-state index is -3.40. The molecule has 20 heavy (non-hydrogen) atoms. The molecule has 0 spiro atoms. The van der Waals surface area contributed by atoms with Gasteiger partial charge in [-0.3, -0.25) is 0 Å². The average Bonchev–Trinajstić information content (AvgIpc) is 2.93. The molecule has 0 aliphatic carbocycles. The summed E-state index contributed by atoms with van der Waals surface area (Å²) in [5.41, 5.74) is 0.861. The molecule has 0 saturated carbocycles. The second-order valence-electron chi connectivity index (χ2n) is 5.60. The molecule has 1 aromatic rings. The zero-order valence-electron chi connectivity index (χ0n) is 12.2. The fourth-order valence-electron chi connectivity index (χ4n) is 2.84. The number of nitrogens with zero attached hydrogens (tertiary/aromatic N) is 1. The molecule has 2 rings (SSSR count). The summed E-state index contributed by atoms with van der Waals surface area (Å²) in [6.07, 6.45) is 2.96. The van der Waals surface area contributed by atoms with E-state index in [2.05, 4.69) is 13.8 Å². The van der Waals surface area contributed by atoms with E-state index in [-0.39, 0.29) is 12.0 Å². The van der Waals surface area contributed by atoms with E-state index in [1.165, 1.54) is 0 Å². The van der Waals surface area contributed by atoms with Crippen molar-refractivity contribution in [1.29, 1.82) is 0 Å². The highest BCUT2D eigenvalue weighted by Gasteiger charge is 2.40. The highest BCUT2D eigenvalue weighted by molar-refractivity contribution is 7.89. The van der Waals surface area contributed by atoms with Crippen LogP contribution in [0.1, 0.15) is 38.7 Å². The smallest absolute Gasteiger partial charge is 0.243 e. The summed E-state index contributed by atoms with van der Waals surface area (Å²) in [6, 6.07) is 6.49. The van der Waals surface area contributed by atoms with E-state index in [1.54, 1.807) is 28.6 Å². The molecule has 0 unspecified atom stereocenters. The van der Waals surface area contributed by atoms with Crippen LogP contribution in [0.15, 0.2) is 29.2 Å². The molecule has 1 fully saturated rings. The molecule has 1 aliphatic rings. The molecule has 1 N–H and O–H groups in total. The summed E-state index contributed by atoms with van der Waals surface area (Å²) >= 11 is 0. The summed E-state index contributed by atoms with van der Waals surface area (Å²) < 4.78 is 26.8. The Balaban J connectivity index is 2.23. The average molecular weight is 297 g/mol. The van der Waals surface area contributed by atoms with Crippen LogP contribution >= 0.6 is 0 Å². The summed E-state index contributed by atoms with van der Waals surface area (Å²) in [5, 5.41) is 9.02. The zero-order valence-corrected chi connectivity index (χ0v) is 13.0. The lowest BCUT2D eigenvalue weighted by atomic mass is 9.82. The van der Waals surface area contributed by atoms with Crippen LogP contribution in [0, 0.1) is 5.41 Å². The lowest BCUT2D eigenvalue weighted by molar-refractivity contribution is 0.279. The minimum absolute atomic E-state index is 0.0706. The van der Waals surface area contributed by atoms with Crippen molar-refractivity contribution in [3.8, 4) is 0 Å². The Morgan fingerprint density at radius 3 is 2.25 bits per heavy atom. The third kappa shape index (κ3) is 2.75. The topological polar surface area (TPSA) is 57.6 Å². The number of aliphatic hydroxyl groups is 1. The maximum absolute atomic E-state index is 12.6. The molecule has 112 valence electrons. The van der Waals surface area contributed by atoms with E-state index in [1.807, 2.05) is 0 Å². The van der Waals surface area contributed by atoms with E-state index in [0.717, 1.165) is 24.8 Å². The Bertz CT molecular complexity index is 547. The summed E-state index contributed by atoms with van der Waals surface area (Å²) in [6.45, 7) is 5.42. The van der Waals surface area contributed by atoms with Gasteiger partial charge < -0.3 is 5.11 Å². The van der Waals surface area contributed by atoms with Gasteiger partial charge in [0.2, 0.25) is 10.0 Å². The van der Waals surface area contributed by atoms with Crippen LogP contribution in [0.25, 0.3) is 0 Å². The number of hydrogen-bond acceptors (Lipinski definition) is 3. The van der Waals surface area contributed by atoms with Crippen molar-refractivity contribution < 1.29 is 13.5 Å². The van der Waals surface area contributed by atoms with Gasteiger partial charge in [-0.15, -0.1) is 0 Å². The van der Waals surface area contributed by atoms with E-state index in [9.17, 15) is 8.42 Å². The molecular formula is C15H23NO3S. The predicted molar refractivity (Wildman–Crippen MR) is 78.8 cm³/mol. The van der Waals surface area contributed by atoms with Gasteiger partial charge in [-0.05, 0) is 42.4 Å². The molecule has 4 nitrogen and oxygen atoms in total. The van der Waals surface area contributed by atoms with Gasteiger partial charge in [0, 0.05) is 13.1 Å². The maximum Gasteiger partial charge on any atom is 0.243 e. The third-order valence-corrected chi connectivity index (χ3v) is 6.51. The maximum atomic E-state index is 12.6. The van der Waals surface area contributed by atoms with Crippen LogP contribution in [-0.4, -0.2) is 30.9 Å². The molecular weight excluding hydrogens is 274 g/mol. The Morgan fingerprint density at radius 2 is 1.80 bits per heavy atom. The van der Waals surface area contributed by atoms with E-state index >= 15 is 0 Å². The standard InChI is InChI=1S/C15H23NO3S/c1-3-15(4-2)9-10-16(12-15)20(18,19)14-7-5-13(11-17)6-8-14/h5-8,17H,3-4,9-12H2,1-2H3. The molecule has 1 saturated heterocycles. The van der Waals surface area contributed by atoms with E-state index < -0.39 is 10.0 Å². The second kappa shape index (κ2) is 5.84. The molecule has 0 radical (unpaired) electrons. The van der Waals surface area contributed by atoms with Crippen LogP contribution in [0.3, 0.4) is 0 Å². The summed E-state index contributed by atoms with van der Waals surface area (Å²) in [7, 11) is -3.40. The fourth-order valence-corrected chi connectivity index (χ4v) is 4.40. The monoisotopic (exact) mass is 297 g/mol. The lowest BCUT2D eigenvalue weighted by Gasteiger charge is -2.26. The molecule has 1 heterocycles. The number of benzene rings is 1. The van der Waals surface area contributed by atoms with Crippen molar-refractivity contribution in [1.82, 2.24) is 4.31 Å². The SMILES string of the molecule is CCC1(CC)CCN(S(=O)(=O)c2ccc(CO)cc2)C1. The number of aliphatic hydroxyl groups excluding tert-OH is 1. The summed E-state index contributed by atoms with van der Waals surface area (Å²) in [4.78, 5) is 0.317. The molecule has 5 heteroatoms. The Hall–Kier alpha value is -0.910. The summed E-state index contributed by atoms with van der Waals surface area (Å²) in [5.74, 6) is 0. The van der Waals surface area contributed by atoms with Crippen molar-refractivity contribution in [2.24, 2.45) is 5.41 Å². The first-order valence-corrected chi connectivity index (χ1v) is 8.61. The Labute approximate surface area is 121 Å². The zero-order chi connectivity index (χ0) is 14.8. The minimum Gasteiger partial charge on any atom is -0.392 e. The van der Waals surface area contributed by atoms with E-state index in [4.69, 9.17) is 5.11 Å². The van der Waals surface area contributed by atoms with Crippen molar-refractivity contribution in [2.75, 3.05) is 13.1 Å². The fraction of sp³-hybridized carbons (Fsp3) is 0.600. The first-order chi connectivity index (χ1) is 9.47. The van der Waals surface area contributed by atoms with Crippen molar-refractivity contribution in [3.05, 3.63) is 29.8 Å².